The maximum Gasteiger partial charge on any atom is 0.431 e. The molecule has 0 unspecified atom stereocenters. The SMILES string of the molecule is CN1C[C@@H]2CN(c3cncc(-c4ccc5[nH]ccc5c4)c3)C[C@@H]21.CN1C[C@H]2CN(c3cncc(-c4ccc5[nH]c(C(F)(F)F)cc5c4)n3)C[C@H]21. The number of fused-ring (bicyclic) bond motifs is 4. The van der Waals surface area contributed by atoms with Crippen LogP contribution in [-0.2, 0) is 6.18 Å². The highest BCUT2D eigenvalue weighted by molar-refractivity contribution is 5.86. The molecule has 0 amide bonds. The smallest absolute Gasteiger partial charge is 0.368 e. The molecule has 4 fully saturated rings. The number of nitrogens with zero attached hydrogens (tertiary/aromatic N) is 7. The Kier molecular flexibility index (Phi) is 7.36. The molecule has 9 nitrogen and oxygen atoms in total. The van der Waals surface area contributed by atoms with Crippen LogP contribution in [0.5, 0.6) is 0 Å². The molecule has 0 aliphatic carbocycles. The Morgan fingerprint density at radius 3 is 2.12 bits per heavy atom. The molecule has 4 aliphatic heterocycles. The van der Waals surface area contributed by atoms with Gasteiger partial charge in [0.25, 0.3) is 0 Å². The van der Waals surface area contributed by atoms with E-state index in [-0.39, 0.29) is 0 Å². The number of H-pyrrole nitrogens is 2. The largest absolute Gasteiger partial charge is 0.431 e. The monoisotopic (exact) mass is 677 g/mol. The van der Waals surface area contributed by atoms with Crippen molar-refractivity contribution in [1.29, 1.82) is 0 Å². The zero-order valence-corrected chi connectivity index (χ0v) is 27.9. The predicted octanol–water partition coefficient (Wildman–Crippen LogP) is 6.37. The molecule has 2 aromatic carbocycles. The summed E-state index contributed by atoms with van der Waals surface area (Å²) >= 11 is 0. The lowest BCUT2D eigenvalue weighted by Gasteiger charge is -2.40. The molecule has 4 aliphatic rings. The number of likely N-dealkylation sites (tertiary alicyclic amines) is 2. The molecule has 256 valence electrons. The van der Waals surface area contributed by atoms with Crippen LogP contribution < -0.4 is 9.80 Å². The van der Waals surface area contributed by atoms with Crippen molar-refractivity contribution in [1.82, 2.24) is 34.7 Å². The van der Waals surface area contributed by atoms with Crippen LogP contribution in [0.1, 0.15) is 5.69 Å². The predicted molar refractivity (Wildman–Crippen MR) is 190 cm³/mol. The van der Waals surface area contributed by atoms with Gasteiger partial charge in [-0.2, -0.15) is 13.2 Å². The van der Waals surface area contributed by atoms with Gasteiger partial charge in [0.2, 0.25) is 0 Å². The highest BCUT2D eigenvalue weighted by Gasteiger charge is 2.44. The fourth-order valence-corrected chi connectivity index (χ4v) is 8.28. The van der Waals surface area contributed by atoms with Crippen LogP contribution >= 0.6 is 0 Å². The molecular weight excluding hydrogens is 639 g/mol. The normalized spacial score (nSPS) is 23.4. The van der Waals surface area contributed by atoms with Crippen molar-refractivity contribution in [2.24, 2.45) is 11.8 Å². The van der Waals surface area contributed by atoms with Gasteiger partial charge in [0, 0.05) is 103 Å². The van der Waals surface area contributed by atoms with E-state index in [1.165, 1.54) is 34.3 Å². The van der Waals surface area contributed by atoms with E-state index < -0.39 is 11.9 Å². The summed E-state index contributed by atoms with van der Waals surface area (Å²) in [5.41, 5.74) is 5.97. The topological polar surface area (TPSA) is 83.2 Å². The first kappa shape index (κ1) is 31.1. The molecule has 4 aromatic heterocycles. The number of likely N-dealkylation sites (N-methyl/N-ethyl adjacent to an activating group) is 2. The summed E-state index contributed by atoms with van der Waals surface area (Å²) in [6, 6.07) is 18.5. The van der Waals surface area contributed by atoms with Crippen LogP contribution in [0.25, 0.3) is 44.2 Å². The van der Waals surface area contributed by atoms with Crippen molar-refractivity contribution in [3.05, 3.63) is 91.3 Å². The van der Waals surface area contributed by atoms with Crippen LogP contribution in [0.15, 0.2) is 85.6 Å². The van der Waals surface area contributed by atoms with E-state index in [1.54, 1.807) is 30.6 Å². The molecular formula is C38H38F3N9. The lowest BCUT2D eigenvalue weighted by Crippen LogP contribution is -2.52. The minimum absolute atomic E-state index is 0.453. The van der Waals surface area contributed by atoms with Gasteiger partial charge in [-0.15, -0.1) is 0 Å². The third-order valence-electron chi connectivity index (χ3n) is 11.1. The van der Waals surface area contributed by atoms with Crippen molar-refractivity contribution in [3.63, 3.8) is 0 Å². The fourth-order valence-electron chi connectivity index (χ4n) is 8.28. The highest BCUT2D eigenvalue weighted by atomic mass is 19.4. The molecule has 0 radical (unpaired) electrons. The first-order valence-corrected chi connectivity index (χ1v) is 17.1. The van der Waals surface area contributed by atoms with E-state index in [2.05, 4.69) is 84.0 Å². The van der Waals surface area contributed by atoms with Crippen LogP contribution in [0, 0.1) is 11.8 Å². The number of rotatable bonds is 4. The molecule has 0 bridgehead atoms. The summed E-state index contributed by atoms with van der Waals surface area (Å²) in [6.07, 6.45) is 4.97. The maximum atomic E-state index is 12.9. The average molecular weight is 678 g/mol. The summed E-state index contributed by atoms with van der Waals surface area (Å²) in [5.74, 6) is 2.33. The van der Waals surface area contributed by atoms with E-state index in [1.807, 2.05) is 18.6 Å². The van der Waals surface area contributed by atoms with Crippen LogP contribution in [0.3, 0.4) is 0 Å². The first-order valence-electron chi connectivity index (χ1n) is 17.1. The van der Waals surface area contributed by atoms with Crippen LogP contribution in [0.4, 0.5) is 24.7 Å². The molecule has 8 heterocycles. The van der Waals surface area contributed by atoms with Gasteiger partial charge >= 0.3 is 6.18 Å². The van der Waals surface area contributed by atoms with Gasteiger partial charge in [0.15, 0.2) is 0 Å². The molecule has 4 saturated heterocycles. The molecule has 4 atom stereocenters. The maximum absolute atomic E-state index is 12.9. The third kappa shape index (κ3) is 5.56. The van der Waals surface area contributed by atoms with Gasteiger partial charge in [-0.1, -0.05) is 12.1 Å². The summed E-state index contributed by atoms with van der Waals surface area (Å²) < 4.78 is 38.7. The van der Waals surface area contributed by atoms with Crippen molar-refractivity contribution in [2.45, 2.75) is 18.3 Å². The molecule has 12 heteroatoms. The third-order valence-corrected chi connectivity index (χ3v) is 11.1. The number of anilines is 2. The van der Waals surface area contributed by atoms with Crippen molar-refractivity contribution in [2.75, 3.05) is 63.2 Å². The van der Waals surface area contributed by atoms with E-state index in [0.29, 0.717) is 28.6 Å². The summed E-state index contributed by atoms with van der Waals surface area (Å²) in [7, 11) is 4.36. The van der Waals surface area contributed by atoms with E-state index in [0.717, 1.165) is 62.1 Å². The van der Waals surface area contributed by atoms with Gasteiger partial charge in [0.1, 0.15) is 11.5 Å². The Balaban J connectivity index is 0.000000136. The second kappa shape index (κ2) is 11.8. The standard InChI is InChI=1S/C19H18F3N5.C19H20N4/c1-26-8-13-9-27(10-16(13)26)18-7-23-6-15(25-18)11-2-3-14-12(4-11)5-17(24-14)19(20,21)22;1-22-10-16-11-23(12-19(16)22)17-7-15(8-20-9-17)13-2-3-18-14(6-13)4-5-21-18/h2-7,13,16,24H,8-10H2,1H3;2-9,16,19,21H,10-12H2,1H3/t13-,16+;16-,19+/m01/s1. The van der Waals surface area contributed by atoms with Gasteiger partial charge in [0.05, 0.1) is 30.0 Å². The Bertz CT molecular complexity index is 2190. The highest BCUT2D eigenvalue weighted by Crippen LogP contribution is 2.36. The van der Waals surface area contributed by atoms with Gasteiger partial charge in [-0.25, -0.2) is 4.98 Å². The van der Waals surface area contributed by atoms with Crippen molar-refractivity contribution in [3.8, 4) is 22.4 Å². The lowest BCUT2D eigenvalue weighted by molar-refractivity contribution is -0.140. The number of halogens is 3. The van der Waals surface area contributed by atoms with Crippen LogP contribution in [0.2, 0.25) is 0 Å². The molecule has 10 rings (SSSR count). The quantitative estimate of drug-likeness (QED) is 0.224. The second-order valence-electron chi connectivity index (χ2n) is 14.3. The number of aromatic nitrogens is 5. The number of hydrogen-bond acceptors (Lipinski definition) is 7. The Hall–Kier alpha value is -4.94. The summed E-state index contributed by atoms with van der Waals surface area (Å²) in [6.45, 7) is 6.54. The number of aromatic amines is 2. The fraction of sp³-hybridized carbons (Fsp3) is 0.342. The average Bonchev–Trinajstić information content (AvgIpc) is 3.91. The number of pyridine rings is 1. The number of hydrogen-bond donors (Lipinski definition) is 2. The van der Waals surface area contributed by atoms with Crippen molar-refractivity contribution < 1.29 is 13.2 Å². The zero-order valence-electron chi connectivity index (χ0n) is 27.9. The van der Waals surface area contributed by atoms with Crippen LogP contribution in [-0.4, -0.2) is 100 Å². The van der Waals surface area contributed by atoms with E-state index >= 15 is 0 Å². The van der Waals surface area contributed by atoms with E-state index in [9.17, 15) is 13.2 Å². The number of benzene rings is 2. The molecule has 0 spiro atoms. The molecule has 0 saturated carbocycles. The summed E-state index contributed by atoms with van der Waals surface area (Å²) in [5, 5.41) is 1.75. The van der Waals surface area contributed by atoms with Gasteiger partial charge in [-0.05, 0) is 67.5 Å². The first-order chi connectivity index (χ1) is 24.2. The Morgan fingerprint density at radius 1 is 0.660 bits per heavy atom. The molecule has 2 N–H and O–H groups in total. The second-order valence-corrected chi connectivity index (χ2v) is 14.3. The molecule has 50 heavy (non-hydrogen) atoms. The Labute approximate surface area is 287 Å². The minimum atomic E-state index is -4.39. The lowest BCUT2D eigenvalue weighted by atomic mass is 9.93. The Morgan fingerprint density at radius 2 is 1.36 bits per heavy atom. The molecule has 6 aromatic rings. The number of alkyl halides is 3. The van der Waals surface area contributed by atoms with Gasteiger partial charge < -0.3 is 29.6 Å². The summed E-state index contributed by atoms with van der Waals surface area (Å²) in [4.78, 5) is 28.7. The van der Waals surface area contributed by atoms with E-state index in [4.69, 9.17) is 4.98 Å². The minimum Gasteiger partial charge on any atom is -0.368 e. The van der Waals surface area contributed by atoms with Crippen molar-refractivity contribution >= 4 is 33.3 Å². The zero-order chi connectivity index (χ0) is 34.1. The van der Waals surface area contributed by atoms with Gasteiger partial charge in [-0.3, -0.25) is 9.97 Å². The number of nitrogens with one attached hydrogen (secondary N) is 2.